The van der Waals surface area contributed by atoms with Crippen molar-refractivity contribution in [1.82, 2.24) is 10.2 Å². The van der Waals surface area contributed by atoms with Gasteiger partial charge in [-0.25, -0.2) is 0 Å². The number of hydrogen-bond donors (Lipinski definition) is 1. The van der Waals surface area contributed by atoms with Crippen LogP contribution >= 0.6 is 0 Å². The number of benzene rings is 1. The van der Waals surface area contributed by atoms with Gasteiger partial charge in [0.15, 0.2) is 6.61 Å². The average Bonchev–Trinajstić information content (AvgIpc) is 2.84. The highest BCUT2D eigenvalue weighted by Gasteiger charge is 2.06. The van der Waals surface area contributed by atoms with Crippen LogP contribution in [0.15, 0.2) is 28.7 Å². The second-order valence-corrected chi connectivity index (χ2v) is 4.09. The zero-order valence-electron chi connectivity index (χ0n) is 10.6. The Hall–Kier alpha value is -1.88. The minimum absolute atomic E-state index is 0.0105. The number of hydrogen-bond acceptors (Lipinski definition) is 5. The van der Waals surface area contributed by atoms with Crippen LogP contribution in [0.2, 0.25) is 0 Å². The molecule has 18 heavy (non-hydrogen) atoms. The molecule has 0 amide bonds. The summed E-state index contributed by atoms with van der Waals surface area (Å²) < 4.78 is 10.9. The lowest BCUT2D eigenvalue weighted by Crippen LogP contribution is -2.05. The number of aromatic nitrogens is 2. The summed E-state index contributed by atoms with van der Waals surface area (Å²) in [4.78, 5) is 0. The number of ether oxygens (including phenoxy) is 1. The maximum absolute atomic E-state index is 5.81. The third-order valence-corrected chi connectivity index (χ3v) is 2.56. The van der Waals surface area contributed by atoms with Crippen molar-refractivity contribution in [3.05, 3.63) is 41.6 Å². The van der Waals surface area contributed by atoms with Crippen LogP contribution in [-0.2, 0) is 13.0 Å². The van der Waals surface area contributed by atoms with E-state index in [0.717, 1.165) is 17.7 Å². The van der Waals surface area contributed by atoms with E-state index in [1.807, 2.05) is 38.1 Å². The molecule has 0 spiro atoms. The molecule has 0 unspecified atom stereocenters. The number of rotatable bonds is 5. The highest BCUT2D eigenvalue weighted by molar-refractivity contribution is 5.30. The molecule has 0 saturated carbocycles. The van der Waals surface area contributed by atoms with Gasteiger partial charge in [0.1, 0.15) is 5.75 Å². The molecule has 2 rings (SSSR count). The van der Waals surface area contributed by atoms with Crippen molar-refractivity contribution in [2.45, 2.75) is 32.9 Å². The zero-order valence-corrected chi connectivity index (χ0v) is 10.6. The quantitative estimate of drug-likeness (QED) is 0.877. The fraction of sp³-hybridized carbons (Fsp3) is 0.385. The summed E-state index contributed by atoms with van der Waals surface area (Å²) in [5.41, 5.74) is 6.85. The molecule has 1 aromatic carbocycles. The zero-order chi connectivity index (χ0) is 13.0. The summed E-state index contributed by atoms with van der Waals surface area (Å²) in [6.07, 6.45) is 0.729. The van der Waals surface area contributed by atoms with Crippen molar-refractivity contribution >= 4 is 0 Å². The standard InChI is InChI=1S/C13H17N3O2/c1-3-12-15-16-13(18-12)8-17-11-6-4-5-10(7-11)9(2)14/h4-7,9H,3,8,14H2,1-2H3/t9-/m1/s1. The molecule has 0 saturated heterocycles. The van der Waals surface area contributed by atoms with E-state index < -0.39 is 0 Å². The fourth-order valence-electron chi connectivity index (χ4n) is 1.52. The summed E-state index contributed by atoms with van der Waals surface area (Å²) in [6.45, 7) is 4.17. The Balaban J connectivity index is 1.99. The van der Waals surface area contributed by atoms with Gasteiger partial charge in [-0.2, -0.15) is 0 Å². The summed E-state index contributed by atoms with van der Waals surface area (Å²) in [7, 11) is 0. The largest absolute Gasteiger partial charge is 0.484 e. The first kappa shape index (κ1) is 12.6. The SMILES string of the molecule is CCc1nnc(COc2cccc([C@@H](C)N)c2)o1. The van der Waals surface area contributed by atoms with E-state index in [9.17, 15) is 0 Å². The lowest BCUT2D eigenvalue weighted by atomic mass is 10.1. The topological polar surface area (TPSA) is 74.2 Å². The summed E-state index contributed by atoms with van der Waals surface area (Å²) in [5.74, 6) is 1.86. The van der Waals surface area contributed by atoms with Crippen LogP contribution < -0.4 is 10.5 Å². The lowest BCUT2D eigenvalue weighted by Gasteiger charge is -2.08. The molecule has 0 aliphatic heterocycles. The molecule has 0 fully saturated rings. The normalized spacial score (nSPS) is 12.4. The Morgan fingerprint density at radius 2 is 2.11 bits per heavy atom. The molecule has 5 nitrogen and oxygen atoms in total. The molecular formula is C13H17N3O2. The second kappa shape index (κ2) is 5.64. The maximum Gasteiger partial charge on any atom is 0.253 e. The molecule has 5 heteroatoms. The smallest absolute Gasteiger partial charge is 0.253 e. The lowest BCUT2D eigenvalue weighted by molar-refractivity contribution is 0.259. The highest BCUT2D eigenvalue weighted by Crippen LogP contribution is 2.18. The Bertz CT molecular complexity index is 508. The number of nitrogens with two attached hydrogens (primary N) is 1. The van der Waals surface area contributed by atoms with Gasteiger partial charge < -0.3 is 14.9 Å². The molecule has 1 atom stereocenters. The van der Waals surface area contributed by atoms with Gasteiger partial charge in [-0.1, -0.05) is 19.1 Å². The Kier molecular flexibility index (Phi) is 3.94. The van der Waals surface area contributed by atoms with Gasteiger partial charge in [-0.3, -0.25) is 0 Å². The number of aryl methyl sites for hydroxylation is 1. The molecule has 0 bridgehead atoms. The van der Waals surface area contributed by atoms with Crippen LogP contribution in [0.25, 0.3) is 0 Å². The Morgan fingerprint density at radius 1 is 1.33 bits per heavy atom. The fourth-order valence-corrected chi connectivity index (χ4v) is 1.52. The first-order chi connectivity index (χ1) is 8.69. The van der Waals surface area contributed by atoms with E-state index in [0.29, 0.717) is 11.8 Å². The van der Waals surface area contributed by atoms with Crippen LogP contribution in [0.4, 0.5) is 0 Å². The monoisotopic (exact) mass is 247 g/mol. The second-order valence-electron chi connectivity index (χ2n) is 4.09. The maximum atomic E-state index is 5.81. The summed E-state index contributed by atoms with van der Waals surface area (Å²) in [6, 6.07) is 7.67. The Labute approximate surface area is 106 Å². The van der Waals surface area contributed by atoms with E-state index in [1.54, 1.807) is 0 Å². The third-order valence-electron chi connectivity index (χ3n) is 2.56. The molecule has 96 valence electrons. The average molecular weight is 247 g/mol. The molecule has 0 aliphatic rings. The van der Waals surface area contributed by atoms with E-state index in [1.165, 1.54) is 0 Å². The summed E-state index contributed by atoms with van der Waals surface area (Å²) >= 11 is 0. The molecule has 0 radical (unpaired) electrons. The van der Waals surface area contributed by atoms with Crippen molar-refractivity contribution in [3.63, 3.8) is 0 Å². The van der Waals surface area contributed by atoms with Crippen LogP contribution in [0.3, 0.4) is 0 Å². The van der Waals surface area contributed by atoms with Crippen molar-refractivity contribution in [3.8, 4) is 5.75 Å². The highest BCUT2D eigenvalue weighted by atomic mass is 16.5. The van der Waals surface area contributed by atoms with Crippen LogP contribution in [0.5, 0.6) is 5.75 Å². The van der Waals surface area contributed by atoms with Crippen LogP contribution in [0, 0.1) is 0 Å². The van der Waals surface area contributed by atoms with Crippen LogP contribution in [-0.4, -0.2) is 10.2 Å². The van der Waals surface area contributed by atoms with Gasteiger partial charge >= 0.3 is 0 Å². The molecule has 0 aliphatic carbocycles. The van der Waals surface area contributed by atoms with E-state index in [2.05, 4.69) is 10.2 Å². The van der Waals surface area contributed by atoms with Gasteiger partial charge in [-0.15, -0.1) is 10.2 Å². The van der Waals surface area contributed by atoms with Gasteiger partial charge in [0, 0.05) is 12.5 Å². The minimum atomic E-state index is -0.0105. The first-order valence-electron chi connectivity index (χ1n) is 5.98. The van der Waals surface area contributed by atoms with Gasteiger partial charge in [0.25, 0.3) is 5.89 Å². The summed E-state index contributed by atoms with van der Waals surface area (Å²) in [5, 5.41) is 7.77. The van der Waals surface area contributed by atoms with Crippen LogP contribution in [0.1, 0.15) is 37.2 Å². The van der Waals surface area contributed by atoms with Crippen molar-refractivity contribution in [2.24, 2.45) is 5.73 Å². The minimum Gasteiger partial charge on any atom is -0.484 e. The van der Waals surface area contributed by atoms with Crippen molar-refractivity contribution < 1.29 is 9.15 Å². The molecule has 2 N–H and O–H groups in total. The first-order valence-corrected chi connectivity index (χ1v) is 5.98. The predicted molar refractivity (Wildman–Crippen MR) is 67.1 cm³/mol. The molecular weight excluding hydrogens is 230 g/mol. The van der Waals surface area contributed by atoms with Gasteiger partial charge in [0.2, 0.25) is 5.89 Å². The van der Waals surface area contributed by atoms with Gasteiger partial charge in [0.05, 0.1) is 0 Å². The van der Waals surface area contributed by atoms with Crippen molar-refractivity contribution in [1.29, 1.82) is 0 Å². The molecule has 1 aromatic heterocycles. The van der Waals surface area contributed by atoms with Crippen molar-refractivity contribution in [2.75, 3.05) is 0 Å². The molecule has 1 heterocycles. The third kappa shape index (κ3) is 3.07. The van der Waals surface area contributed by atoms with E-state index in [-0.39, 0.29) is 12.6 Å². The van der Waals surface area contributed by atoms with E-state index in [4.69, 9.17) is 14.9 Å². The molecule has 2 aromatic rings. The predicted octanol–water partition coefficient (Wildman–Crippen LogP) is 2.23. The number of nitrogens with zero attached hydrogens (tertiary/aromatic N) is 2. The van der Waals surface area contributed by atoms with E-state index >= 15 is 0 Å². The van der Waals surface area contributed by atoms with Gasteiger partial charge in [-0.05, 0) is 24.6 Å². The Morgan fingerprint density at radius 3 is 2.78 bits per heavy atom.